The molecule has 0 radical (unpaired) electrons. The van der Waals surface area contributed by atoms with Gasteiger partial charge < -0.3 is 10.6 Å². The second-order valence-corrected chi connectivity index (χ2v) is 9.74. The zero-order valence-corrected chi connectivity index (χ0v) is 21.3. The standard InChI is InChI=1S/C27H28N4O3S/c1-6-8-19-14-22(32)31-23(25(33)28-20-12-15(2)11-16(3)13-20)24(35-27(31)29-19)26(34)30-21-10-7-9-17(4)18(21)5/h7,9-14H,6,8H2,1-5H3,(H,28,33)(H,30,34). The van der Waals surface area contributed by atoms with Crippen LogP contribution in [0.25, 0.3) is 4.96 Å². The van der Waals surface area contributed by atoms with Crippen molar-refractivity contribution in [2.24, 2.45) is 0 Å². The molecule has 0 unspecified atom stereocenters. The molecule has 4 rings (SSSR count). The van der Waals surface area contributed by atoms with Gasteiger partial charge in [-0.3, -0.25) is 14.4 Å². The van der Waals surface area contributed by atoms with Crippen molar-refractivity contribution in [3.8, 4) is 0 Å². The Labute approximate surface area is 207 Å². The van der Waals surface area contributed by atoms with Crippen LogP contribution in [0.3, 0.4) is 0 Å². The monoisotopic (exact) mass is 488 g/mol. The molecular formula is C27H28N4O3S. The summed E-state index contributed by atoms with van der Waals surface area (Å²) in [5.74, 6) is -1.00. The molecule has 35 heavy (non-hydrogen) atoms. The summed E-state index contributed by atoms with van der Waals surface area (Å²) in [5, 5.41) is 5.78. The van der Waals surface area contributed by atoms with Crippen LogP contribution in [0.5, 0.6) is 0 Å². The van der Waals surface area contributed by atoms with Crippen LogP contribution in [0.2, 0.25) is 0 Å². The molecule has 0 saturated carbocycles. The number of aromatic nitrogens is 2. The zero-order valence-electron chi connectivity index (χ0n) is 20.5. The van der Waals surface area contributed by atoms with Crippen molar-refractivity contribution >= 4 is 39.5 Å². The van der Waals surface area contributed by atoms with Crippen molar-refractivity contribution in [2.45, 2.75) is 47.5 Å². The summed E-state index contributed by atoms with van der Waals surface area (Å²) in [6, 6.07) is 12.8. The number of benzene rings is 2. The van der Waals surface area contributed by atoms with Crippen LogP contribution in [0.4, 0.5) is 11.4 Å². The van der Waals surface area contributed by atoms with Crippen LogP contribution in [0, 0.1) is 27.7 Å². The van der Waals surface area contributed by atoms with Crippen LogP contribution >= 0.6 is 11.3 Å². The number of amides is 2. The van der Waals surface area contributed by atoms with E-state index in [2.05, 4.69) is 15.6 Å². The minimum atomic E-state index is -0.542. The predicted octanol–water partition coefficient (Wildman–Crippen LogP) is 5.45. The molecule has 0 aliphatic rings. The normalized spacial score (nSPS) is 11.0. The Kier molecular flexibility index (Phi) is 6.84. The Bertz CT molecular complexity index is 1500. The van der Waals surface area contributed by atoms with Crippen molar-refractivity contribution in [3.63, 3.8) is 0 Å². The van der Waals surface area contributed by atoms with Gasteiger partial charge in [0.1, 0.15) is 10.6 Å². The van der Waals surface area contributed by atoms with E-state index in [0.29, 0.717) is 28.5 Å². The van der Waals surface area contributed by atoms with E-state index < -0.39 is 11.8 Å². The highest BCUT2D eigenvalue weighted by Crippen LogP contribution is 2.26. The number of carbonyl (C=O) groups is 2. The van der Waals surface area contributed by atoms with Crippen LogP contribution in [0.15, 0.2) is 47.3 Å². The second kappa shape index (κ2) is 9.84. The molecular weight excluding hydrogens is 460 g/mol. The molecule has 0 atom stereocenters. The van der Waals surface area contributed by atoms with Gasteiger partial charge in [-0.1, -0.05) is 42.9 Å². The quantitative estimate of drug-likeness (QED) is 0.378. The zero-order chi connectivity index (χ0) is 25.3. The number of anilines is 2. The Morgan fingerprint density at radius 1 is 0.971 bits per heavy atom. The fraction of sp³-hybridized carbons (Fsp3) is 0.259. The number of rotatable bonds is 6. The van der Waals surface area contributed by atoms with Crippen LogP contribution in [-0.2, 0) is 6.42 Å². The van der Waals surface area contributed by atoms with Gasteiger partial charge in [-0.2, -0.15) is 0 Å². The maximum absolute atomic E-state index is 13.5. The molecule has 180 valence electrons. The number of hydrogen-bond donors (Lipinski definition) is 2. The second-order valence-electron chi connectivity index (χ2n) is 8.77. The molecule has 0 aliphatic heterocycles. The van der Waals surface area contributed by atoms with Gasteiger partial charge in [0, 0.05) is 23.1 Å². The third-order valence-corrected chi connectivity index (χ3v) is 6.87. The maximum Gasteiger partial charge on any atom is 0.274 e. The van der Waals surface area contributed by atoms with Crippen molar-refractivity contribution in [1.29, 1.82) is 0 Å². The molecule has 2 aromatic carbocycles. The number of fused-ring (bicyclic) bond motifs is 1. The number of nitrogens with zero attached hydrogens (tertiary/aromatic N) is 2. The summed E-state index contributed by atoms with van der Waals surface area (Å²) in [5.41, 5.74) is 5.44. The van der Waals surface area contributed by atoms with Crippen molar-refractivity contribution in [3.05, 3.63) is 91.3 Å². The summed E-state index contributed by atoms with van der Waals surface area (Å²) in [4.78, 5) is 45.0. The lowest BCUT2D eigenvalue weighted by Gasteiger charge is -2.11. The molecule has 2 heterocycles. The minimum absolute atomic E-state index is 0.0208. The fourth-order valence-corrected chi connectivity index (χ4v) is 5.11. The van der Waals surface area contributed by atoms with E-state index in [0.717, 1.165) is 40.0 Å². The first-order valence-corrected chi connectivity index (χ1v) is 12.3. The molecule has 0 aliphatic carbocycles. The number of carbonyl (C=O) groups excluding carboxylic acids is 2. The summed E-state index contributed by atoms with van der Waals surface area (Å²) in [6.45, 7) is 9.77. The highest BCUT2D eigenvalue weighted by Gasteiger charge is 2.27. The predicted molar refractivity (Wildman–Crippen MR) is 141 cm³/mol. The fourth-order valence-electron chi connectivity index (χ4n) is 4.07. The van der Waals surface area contributed by atoms with Gasteiger partial charge in [0.05, 0.1) is 0 Å². The minimum Gasteiger partial charge on any atom is -0.321 e. The lowest BCUT2D eigenvalue weighted by molar-refractivity contribution is 0.0989. The van der Waals surface area contributed by atoms with Gasteiger partial charge in [-0.25, -0.2) is 9.38 Å². The Morgan fingerprint density at radius 3 is 2.37 bits per heavy atom. The maximum atomic E-state index is 13.5. The summed E-state index contributed by atoms with van der Waals surface area (Å²) in [6.07, 6.45) is 1.46. The first-order valence-electron chi connectivity index (χ1n) is 11.5. The number of aryl methyl sites for hydroxylation is 4. The topological polar surface area (TPSA) is 92.6 Å². The van der Waals surface area contributed by atoms with E-state index in [-0.39, 0.29) is 16.1 Å². The first-order chi connectivity index (χ1) is 16.7. The van der Waals surface area contributed by atoms with Gasteiger partial charge in [0.15, 0.2) is 4.96 Å². The van der Waals surface area contributed by atoms with E-state index in [4.69, 9.17) is 0 Å². The number of nitrogens with one attached hydrogen (secondary N) is 2. The molecule has 8 heteroatoms. The van der Waals surface area contributed by atoms with Gasteiger partial charge in [0.25, 0.3) is 17.4 Å². The van der Waals surface area contributed by atoms with E-state index in [1.54, 1.807) is 0 Å². The smallest absolute Gasteiger partial charge is 0.274 e. The Balaban J connectivity index is 1.83. The molecule has 4 aromatic rings. The van der Waals surface area contributed by atoms with Crippen molar-refractivity contribution < 1.29 is 9.59 Å². The van der Waals surface area contributed by atoms with Crippen LogP contribution in [-0.4, -0.2) is 21.2 Å². The molecule has 0 saturated heterocycles. The molecule has 7 nitrogen and oxygen atoms in total. The van der Waals surface area contributed by atoms with E-state index >= 15 is 0 Å². The molecule has 0 bridgehead atoms. The van der Waals surface area contributed by atoms with E-state index in [9.17, 15) is 14.4 Å². The third kappa shape index (κ3) is 5.02. The molecule has 2 amide bonds. The molecule has 0 fully saturated rings. The molecule has 0 spiro atoms. The Hall–Kier alpha value is -3.78. The van der Waals surface area contributed by atoms with Gasteiger partial charge in [-0.15, -0.1) is 0 Å². The highest BCUT2D eigenvalue weighted by atomic mass is 32.1. The molecule has 2 N–H and O–H groups in total. The van der Waals surface area contributed by atoms with E-state index in [1.807, 2.05) is 71.0 Å². The summed E-state index contributed by atoms with van der Waals surface area (Å²) in [7, 11) is 0. The molecule has 2 aromatic heterocycles. The van der Waals surface area contributed by atoms with Crippen molar-refractivity contribution in [2.75, 3.05) is 10.6 Å². The van der Waals surface area contributed by atoms with Gasteiger partial charge in [-0.05, 0) is 74.6 Å². The lowest BCUT2D eigenvalue weighted by Crippen LogP contribution is -2.25. The van der Waals surface area contributed by atoms with Crippen molar-refractivity contribution in [1.82, 2.24) is 9.38 Å². The highest BCUT2D eigenvalue weighted by molar-refractivity contribution is 7.19. The van der Waals surface area contributed by atoms with Crippen LogP contribution < -0.4 is 16.2 Å². The largest absolute Gasteiger partial charge is 0.321 e. The SMILES string of the molecule is CCCc1cc(=O)n2c(C(=O)Nc3cc(C)cc(C)c3)c(C(=O)Nc3cccc(C)c3C)sc2n1. The third-order valence-electron chi connectivity index (χ3n) is 5.83. The van der Waals surface area contributed by atoms with Gasteiger partial charge in [0.2, 0.25) is 0 Å². The number of hydrogen-bond acceptors (Lipinski definition) is 5. The lowest BCUT2D eigenvalue weighted by atomic mass is 10.1. The first kappa shape index (κ1) is 24.3. The number of thiazole rings is 1. The van der Waals surface area contributed by atoms with E-state index in [1.165, 1.54) is 10.5 Å². The average molecular weight is 489 g/mol. The van der Waals surface area contributed by atoms with Crippen LogP contribution in [0.1, 0.15) is 61.5 Å². The van der Waals surface area contributed by atoms with Gasteiger partial charge >= 0.3 is 0 Å². The Morgan fingerprint density at radius 2 is 1.69 bits per heavy atom. The summed E-state index contributed by atoms with van der Waals surface area (Å²) >= 11 is 1.04. The summed E-state index contributed by atoms with van der Waals surface area (Å²) < 4.78 is 1.24. The average Bonchev–Trinajstić information content (AvgIpc) is 3.17.